The van der Waals surface area contributed by atoms with Crippen LogP contribution in [0.3, 0.4) is 0 Å². The predicted octanol–water partition coefficient (Wildman–Crippen LogP) is 6.43. The monoisotopic (exact) mass is 421 g/mol. The minimum atomic E-state index is -0.424. The Morgan fingerprint density at radius 3 is 2.48 bits per heavy atom. The Balaban J connectivity index is 2.28. The lowest BCUT2D eigenvalue weighted by Gasteiger charge is -2.25. The summed E-state index contributed by atoms with van der Waals surface area (Å²) in [5.41, 5.74) is 8.88. The maximum Gasteiger partial charge on any atom is 0.312 e. The first-order valence-electron chi connectivity index (χ1n) is 11.4. The maximum absolute atomic E-state index is 12.6. The largest absolute Gasteiger partial charge is 0.469 e. The number of hydrogen-bond acceptors (Lipinski definition) is 3. The van der Waals surface area contributed by atoms with Crippen molar-refractivity contribution >= 4 is 17.6 Å². The van der Waals surface area contributed by atoms with Crippen molar-refractivity contribution in [3.63, 3.8) is 0 Å². The van der Waals surface area contributed by atoms with Gasteiger partial charge in [-0.15, -0.1) is 0 Å². The van der Waals surface area contributed by atoms with Crippen LogP contribution in [0.4, 0.5) is 5.69 Å². The molecule has 0 heterocycles. The molecule has 1 aliphatic rings. The molecule has 1 saturated carbocycles. The van der Waals surface area contributed by atoms with Crippen LogP contribution in [0.25, 0.3) is 11.1 Å². The van der Waals surface area contributed by atoms with Crippen LogP contribution >= 0.6 is 0 Å². The molecule has 0 aromatic heterocycles. The van der Waals surface area contributed by atoms with Crippen molar-refractivity contribution < 1.29 is 14.3 Å². The molecule has 1 atom stereocenters. The number of hydrogen-bond donors (Lipinski definition) is 1. The van der Waals surface area contributed by atoms with Crippen LogP contribution in [0.1, 0.15) is 86.1 Å². The molecule has 3 rings (SSSR count). The van der Waals surface area contributed by atoms with Crippen LogP contribution in [0.15, 0.2) is 24.3 Å². The highest BCUT2D eigenvalue weighted by molar-refractivity contribution is 5.93. The summed E-state index contributed by atoms with van der Waals surface area (Å²) in [6.07, 6.45) is 5.64. The lowest BCUT2D eigenvalue weighted by atomic mass is 9.82. The van der Waals surface area contributed by atoms with E-state index in [0.717, 1.165) is 60.0 Å². The molecule has 4 heteroatoms. The van der Waals surface area contributed by atoms with Gasteiger partial charge in [-0.2, -0.15) is 0 Å². The summed E-state index contributed by atoms with van der Waals surface area (Å²) in [6.45, 7) is 9.79. The number of anilines is 1. The molecule has 2 aromatic carbocycles. The van der Waals surface area contributed by atoms with Gasteiger partial charge in [0.25, 0.3) is 0 Å². The number of carbonyl (C=O) groups is 2. The van der Waals surface area contributed by atoms with Gasteiger partial charge >= 0.3 is 5.97 Å². The van der Waals surface area contributed by atoms with Crippen LogP contribution in [0.2, 0.25) is 0 Å². The molecule has 0 spiro atoms. The molecule has 0 radical (unpaired) electrons. The molecule has 1 amide bonds. The van der Waals surface area contributed by atoms with E-state index in [1.165, 1.54) is 30.7 Å². The van der Waals surface area contributed by atoms with Crippen LogP contribution in [0.5, 0.6) is 0 Å². The normalized spacial score (nSPS) is 14.3. The maximum atomic E-state index is 12.6. The first-order chi connectivity index (χ1) is 14.8. The molecule has 0 unspecified atom stereocenters. The minimum Gasteiger partial charge on any atom is -0.469 e. The summed E-state index contributed by atoms with van der Waals surface area (Å²) < 4.78 is 5.12. The molecule has 31 heavy (non-hydrogen) atoms. The van der Waals surface area contributed by atoms with Crippen molar-refractivity contribution in [2.45, 2.75) is 78.6 Å². The summed E-state index contributed by atoms with van der Waals surface area (Å²) in [5.74, 6) is -0.324. The molecule has 1 aliphatic carbocycles. The first kappa shape index (κ1) is 23.1. The van der Waals surface area contributed by atoms with Gasteiger partial charge in [0.1, 0.15) is 0 Å². The van der Waals surface area contributed by atoms with E-state index in [-0.39, 0.29) is 11.9 Å². The number of ether oxygens (including phenoxy) is 1. The number of amides is 1. The number of esters is 1. The van der Waals surface area contributed by atoms with E-state index in [0.29, 0.717) is 5.92 Å². The fourth-order valence-electron chi connectivity index (χ4n) is 4.48. The third-order valence-electron chi connectivity index (χ3n) is 6.42. The van der Waals surface area contributed by atoms with Crippen LogP contribution in [0, 0.1) is 13.8 Å². The zero-order chi connectivity index (χ0) is 22.7. The van der Waals surface area contributed by atoms with Crippen molar-refractivity contribution in [1.29, 1.82) is 0 Å². The SMILES string of the molecule is CCCCc1cc(-c2c(C3CC3)cc(NC(C)=O)c(C)c2[C@@H](C)C(=O)OC)ccc1C. The summed E-state index contributed by atoms with van der Waals surface area (Å²) in [4.78, 5) is 24.5. The first-order valence-corrected chi connectivity index (χ1v) is 11.4. The van der Waals surface area contributed by atoms with Gasteiger partial charge in [0.05, 0.1) is 13.0 Å². The van der Waals surface area contributed by atoms with E-state index in [1.807, 2.05) is 13.8 Å². The Kier molecular flexibility index (Phi) is 7.19. The summed E-state index contributed by atoms with van der Waals surface area (Å²) >= 11 is 0. The van der Waals surface area contributed by atoms with E-state index in [9.17, 15) is 9.59 Å². The zero-order valence-corrected chi connectivity index (χ0v) is 19.7. The fourth-order valence-corrected chi connectivity index (χ4v) is 4.48. The molecule has 0 bridgehead atoms. The molecule has 2 aromatic rings. The van der Waals surface area contributed by atoms with Crippen molar-refractivity contribution in [2.75, 3.05) is 12.4 Å². The number of nitrogens with one attached hydrogen (secondary N) is 1. The molecule has 1 fully saturated rings. The molecule has 0 aliphatic heterocycles. The van der Waals surface area contributed by atoms with Crippen LogP contribution in [-0.2, 0) is 20.7 Å². The van der Waals surface area contributed by atoms with Gasteiger partial charge < -0.3 is 10.1 Å². The molecule has 4 nitrogen and oxygen atoms in total. The molecular weight excluding hydrogens is 386 g/mol. The average Bonchev–Trinajstić information content (AvgIpc) is 3.58. The van der Waals surface area contributed by atoms with Crippen molar-refractivity contribution in [3.05, 3.63) is 52.1 Å². The van der Waals surface area contributed by atoms with Gasteiger partial charge in [0, 0.05) is 12.6 Å². The zero-order valence-electron chi connectivity index (χ0n) is 19.7. The highest BCUT2D eigenvalue weighted by Crippen LogP contribution is 2.49. The number of benzene rings is 2. The predicted molar refractivity (Wildman–Crippen MR) is 127 cm³/mol. The van der Waals surface area contributed by atoms with E-state index in [2.05, 4.69) is 43.4 Å². The minimum absolute atomic E-state index is 0.105. The van der Waals surface area contributed by atoms with Gasteiger partial charge in [-0.3, -0.25) is 9.59 Å². The summed E-state index contributed by atoms with van der Waals surface area (Å²) in [7, 11) is 1.43. The lowest BCUT2D eigenvalue weighted by molar-refractivity contribution is -0.142. The van der Waals surface area contributed by atoms with Crippen molar-refractivity contribution in [3.8, 4) is 11.1 Å². The van der Waals surface area contributed by atoms with Crippen molar-refractivity contribution in [2.24, 2.45) is 0 Å². The molecular formula is C27H35NO3. The topological polar surface area (TPSA) is 55.4 Å². The van der Waals surface area contributed by atoms with Crippen molar-refractivity contribution in [1.82, 2.24) is 0 Å². The highest BCUT2D eigenvalue weighted by atomic mass is 16.5. The quantitative estimate of drug-likeness (QED) is 0.500. The Labute approximate surface area is 186 Å². The Hall–Kier alpha value is -2.62. The second-order valence-corrected chi connectivity index (χ2v) is 8.87. The van der Waals surface area contributed by atoms with E-state index >= 15 is 0 Å². The third kappa shape index (κ3) is 5.00. The fraction of sp³-hybridized carbons (Fsp3) is 0.481. The number of carbonyl (C=O) groups excluding carboxylic acids is 2. The van der Waals surface area contributed by atoms with Crippen LogP contribution < -0.4 is 5.32 Å². The number of aryl methyl sites for hydroxylation is 2. The Bertz CT molecular complexity index is 988. The van der Waals surface area contributed by atoms with Gasteiger partial charge in [-0.1, -0.05) is 31.5 Å². The van der Waals surface area contributed by atoms with E-state index < -0.39 is 5.92 Å². The third-order valence-corrected chi connectivity index (χ3v) is 6.42. The van der Waals surface area contributed by atoms with E-state index in [1.54, 1.807) is 0 Å². The van der Waals surface area contributed by atoms with Gasteiger partial charge in [-0.25, -0.2) is 0 Å². The summed E-state index contributed by atoms with van der Waals surface area (Å²) in [5, 5.41) is 2.98. The van der Waals surface area contributed by atoms with Gasteiger partial charge in [0.15, 0.2) is 0 Å². The van der Waals surface area contributed by atoms with Gasteiger partial charge in [-0.05, 0) is 97.4 Å². The van der Waals surface area contributed by atoms with E-state index in [4.69, 9.17) is 4.74 Å². The Morgan fingerprint density at radius 1 is 1.19 bits per heavy atom. The standard InChI is InChI=1S/C27H35NO3/c1-7-8-9-21-14-22(11-10-16(21)2)26-23(20-12-13-20)15-24(28-19(5)29)17(3)25(26)18(4)27(30)31-6/h10-11,14-15,18,20H,7-9,12-13H2,1-6H3,(H,28,29)/t18-/m1/s1. The highest BCUT2D eigenvalue weighted by Gasteiger charge is 2.32. The number of unbranched alkanes of at least 4 members (excludes halogenated alkanes) is 1. The second kappa shape index (κ2) is 9.67. The average molecular weight is 422 g/mol. The number of rotatable bonds is 8. The molecule has 1 N–H and O–H groups in total. The Morgan fingerprint density at radius 2 is 1.90 bits per heavy atom. The number of methoxy groups -OCH3 is 1. The van der Waals surface area contributed by atoms with Crippen LogP contribution in [-0.4, -0.2) is 19.0 Å². The van der Waals surface area contributed by atoms with Gasteiger partial charge in [0.2, 0.25) is 5.91 Å². The molecule has 166 valence electrons. The lowest BCUT2D eigenvalue weighted by Crippen LogP contribution is -2.17. The smallest absolute Gasteiger partial charge is 0.312 e. The second-order valence-electron chi connectivity index (χ2n) is 8.87. The molecule has 0 saturated heterocycles. The summed E-state index contributed by atoms with van der Waals surface area (Å²) in [6, 6.07) is 8.80.